The van der Waals surface area contributed by atoms with Gasteiger partial charge in [0.1, 0.15) is 11.4 Å². The van der Waals surface area contributed by atoms with E-state index in [-0.39, 0.29) is 38.2 Å². The van der Waals surface area contributed by atoms with E-state index in [0.717, 1.165) is 0 Å². The largest absolute Gasteiger partial charge is 2.00 e. The van der Waals surface area contributed by atoms with E-state index >= 15 is 0 Å². The van der Waals surface area contributed by atoms with Crippen molar-refractivity contribution in [1.29, 1.82) is 0 Å². The van der Waals surface area contributed by atoms with Gasteiger partial charge in [-0.3, -0.25) is 24.7 Å². The number of carbonyl (C=O) groups excluding carboxylic acids is 1. The number of fused-ring (bicyclic) bond motifs is 2. The van der Waals surface area contributed by atoms with Gasteiger partial charge in [0.15, 0.2) is 0 Å². The van der Waals surface area contributed by atoms with Crippen molar-refractivity contribution in [3.8, 4) is 11.6 Å². The molecule has 0 aliphatic heterocycles. The Bertz CT molecular complexity index is 1500. The maximum absolute atomic E-state index is 13.2. The van der Waals surface area contributed by atoms with E-state index in [4.69, 9.17) is 0 Å². The van der Waals surface area contributed by atoms with Crippen LogP contribution in [-0.2, 0) is 21.1 Å². The summed E-state index contributed by atoms with van der Waals surface area (Å²) in [4.78, 5) is 39.3. The number of rotatable bonds is 4. The molecule has 6 aromatic rings. The molecule has 160 valence electrons. The second kappa shape index (κ2) is 8.44. The van der Waals surface area contributed by atoms with Crippen molar-refractivity contribution in [2.45, 2.75) is 0 Å². The Balaban J connectivity index is 0.00000228. The van der Waals surface area contributed by atoms with Crippen LogP contribution in [0.2, 0.25) is 0 Å². The van der Waals surface area contributed by atoms with Gasteiger partial charge in [0.25, 0.3) is 0 Å². The summed E-state index contributed by atoms with van der Waals surface area (Å²) >= 11 is 0. The number of aromatic nitrogens is 8. The minimum absolute atomic E-state index is 0. The summed E-state index contributed by atoms with van der Waals surface area (Å²) < 4.78 is 3.24. The van der Waals surface area contributed by atoms with Crippen molar-refractivity contribution in [3.05, 3.63) is 97.1 Å². The van der Waals surface area contributed by atoms with E-state index in [1.54, 1.807) is 70.1 Å². The van der Waals surface area contributed by atoms with Gasteiger partial charge >= 0.3 is 21.1 Å². The van der Waals surface area contributed by atoms with Crippen LogP contribution in [0.25, 0.3) is 34.0 Å². The second-order valence-electron chi connectivity index (χ2n) is 6.88. The van der Waals surface area contributed by atoms with Gasteiger partial charge in [-0.15, -0.1) is 0 Å². The van der Waals surface area contributed by atoms with Crippen LogP contribution < -0.4 is 0 Å². The molecule has 0 aliphatic carbocycles. The molecule has 9 nitrogen and oxygen atoms in total. The van der Waals surface area contributed by atoms with E-state index < -0.39 is 0 Å². The molecule has 0 fully saturated rings. The quantitative estimate of drug-likeness (QED) is 0.223. The maximum atomic E-state index is 13.2. The first-order valence-corrected chi connectivity index (χ1v) is 9.70. The van der Waals surface area contributed by atoms with Crippen LogP contribution >= 0.6 is 0 Å². The number of imidazole rings is 2. The van der Waals surface area contributed by atoms with Gasteiger partial charge in [0.05, 0.1) is 11.6 Å². The molecule has 0 saturated heterocycles. The third-order valence-corrected chi connectivity index (χ3v) is 4.89. The van der Waals surface area contributed by atoms with E-state index in [2.05, 4.69) is 42.6 Å². The van der Waals surface area contributed by atoms with Gasteiger partial charge in [-0.1, -0.05) is 48.5 Å². The molecular weight excluding hydrogens is 599 g/mol. The first-order chi connectivity index (χ1) is 15.8. The molecule has 0 aliphatic rings. The van der Waals surface area contributed by atoms with E-state index in [1.807, 2.05) is 12.1 Å². The second-order valence-corrected chi connectivity index (χ2v) is 6.88. The van der Waals surface area contributed by atoms with Crippen molar-refractivity contribution in [2.24, 2.45) is 0 Å². The molecule has 6 heterocycles. The molecule has 0 amide bonds. The molecule has 0 aromatic carbocycles. The van der Waals surface area contributed by atoms with E-state index in [1.165, 1.54) is 0 Å². The molecule has 0 radical (unpaired) electrons. The number of hydrogen-bond donors (Lipinski definition) is 0. The fourth-order valence-corrected chi connectivity index (χ4v) is 3.40. The Morgan fingerprint density at radius 1 is 0.667 bits per heavy atom. The predicted octanol–water partition coefficient (Wildman–Crippen LogP) is 2.77. The molecule has 0 spiro atoms. The molecule has 33 heavy (non-hydrogen) atoms. The number of hydrogen-bond acceptors (Lipinski definition) is 7. The normalized spacial score (nSPS) is 10.9. The Labute approximate surface area is 201 Å². The Kier molecular flexibility index (Phi) is 5.32. The molecular formula is C23H12N8OPt. The van der Waals surface area contributed by atoms with Crippen LogP contribution in [0.4, 0.5) is 0 Å². The Morgan fingerprint density at radius 3 is 1.64 bits per heavy atom. The summed E-state index contributed by atoms with van der Waals surface area (Å²) in [7, 11) is 0. The summed E-state index contributed by atoms with van der Waals surface area (Å²) in [5.41, 5.74) is 3.10. The first kappa shape index (κ1) is 20.8. The maximum Gasteiger partial charge on any atom is 2.00 e. The third kappa shape index (κ3) is 3.62. The van der Waals surface area contributed by atoms with Crippen LogP contribution in [-0.4, -0.2) is 44.8 Å². The Morgan fingerprint density at radius 2 is 1.15 bits per heavy atom. The Hall–Kier alpha value is -4.10. The minimum atomic E-state index is -0.316. The van der Waals surface area contributed by atoms with Crippen molar-refractivity contribution < 1.29 is 25.9 Å². The molecule has 10 heteroatoms. The SMILES string of the molecule is O=C(c1cccc(-n2[c-]nc3cccnc32)n1)c1cccc(-n2[c-]nc3cccnc32)n1.[Pt+2]. The standard InChI is InChI=1S/C23H12N8O.Pt/c32-21(15-5-1-9-19(28-15)30-13-26-17-7-3-11-24-22(17)30)16-6-2-10-20(29-16)31-14-27-18-8-4-12-25-23(18)31;/h1-12H;/q-2;+2. The zero-order valence-electron chi connectivity index (χ0n) is 16.7. The van der Waals surface area contributed by atoms with Gasteiger partial charge in [0.2, 0.25) is 5.78 Å². The summed E-state index contributed by atoms with van der Waals surface area (Å²) in [5.74, 6) is 0.668. The van der Waals surface area contributed by atoms with Gasteiger partial charge in [0, 0.05) is 36.3 Å². The zero-order chi connectivity index (χ0) is 21.5. The molecule has 0 saturated carbocycles. The number of pyridine rings is 4. The molecule has 0 atom stereocenters. The van der Waals surface area contributed by atoms with Gasteiger partial charge in [-0.25, -0.2) is 0 Å². The predicted molar refractivity (Wildman–Crippen MR) is 114 cm³/mol. The average molecular weight is 611 g/mol. The summed E-state index contributed by atoms with van der Waals surface area (Å²) in [6.07, 6.45) is 9.09. The molecule has 0 bridgehead atoms. The van der Waals surface area contributed by atoms with Crippen molar-refractivity contribution in [3.63, 3.8) is 0 Å². The van der Waals surface area contributed by atoms with Crippen LogP contribution in [0.1, 0.15) is 16.2 Å². The van der Waals surface area contributed by atoms with Crippen LogP contribution in [0, 0.1) is 12.7 Å². The number of nitrogens with zero attached hydrogens (tertiary/aromatic N) is 8. The summed E-state index contributed by atoms with van der Waals surface area (Å²) in [5, 5.41) is 0. The van der Waals surface area contributed by atoms with Gasteiger partial charge < -0.3 is 19.1 Å². The van der Waals surface area contributed by atoms with Crippen molar-refractivity contribution >= 4 is 28.1 Å². The molecule has 0 N–H and O–H groups in total. The number of carbonyl (C=O) groups is 1. The fourth-order valence-electron chi connectivity index (χ4n) is 3.40. The monoisotopic (exact) mass is 611 g/mol. The van der Waals surface area contributed by atoms with Gasteiger partial charge in [-0.2, -0.15) is 0 Å². The van der Waals surface area contributed by atoms with Gasteiger partial charge in [-0.05, 0) is 23.2 Å². The zero-order valence-corrected chi connectivity index (χ0v) is 19.0. The smallest absolute Gasteiger partial charge is 0.396 e. The van der Waals surface area contributed by atoms with Crippen LogP contribution in [0.3, 0.4) is 0 Å². The minimum Gasteiger partial charge on any atom is -0.396 e. The van der Waals surface area contributed by atoms with E-state index in [9.17, 15) is 4.79 Å². The van der Waals surface area contributed by atoms with Crippen LogP contribution in [0.5, 0.6) is 0 Å². The first-order valence-electron chi connectivity index (χ1n) is 9.70. The summed E-state index contributed by atoms with van der Waals surface area (Å²) in [6, 6.07) is 17.6. The number of ketones is 1. The molecule has 6 rings (SSSR count). The third-order valence-electron chi connectivity index (χ3n) is 4.89. The average Bonchev–Trinajstić information content (AvgIpc) is 3.48. The van der Waals surface area contributed by atoms with Crippen molar-refractivity contribution in [1.82, 2.24) is 39.0 Å². The fraction of sp³-hybridized carbons (Fsp3) is 0. The molecule has 0 unspecified atom stereocenters. The van der Waals surface area contributed by atoms with Crippen molar-refractivity contribution in [2.75, 3.05) is 0 Å². The molecule has 6 aromatic heterocycles. The van der Waals surface area contributed by atoms with E-state index in [0.29, 0.717) is 34.0 Å². The topological polar surface area (TPSA) is 104 Å². The summed E-state index contributed by atoms with van der Waals surface area (Å²) in [6.45, 7) is 0. The van der Waals surface area contributed by atoms with Crippen LogP contribution in [0.15, 0.2) is 73.1 Å².